The Balaban J connectivity index is 1.94. The van der Waals surface area contributed by atoms with Gasteiger partial charge in [0.25, 0.3) is 0 Å². The topological polar surface area (TPSA) is 37.8 Å². The molecule has 1 aliphatic carbocycles. The molecule has 0 bridgehead atoms. The fraction of sp³-hybridized carbons (Fsp3) is 0.600. The van der Waals surface area contributed by atoms with Gasteiger partial charge < -0.3 is 5.32 Å². The number of hydrogen-bond donors (Lipinski definition) is 1. The molecule has 4 heteroatoms. The summed E-state index contributed by atoms with van der Waals surface area (Å²) < 4.78 is 0. The normalized spacial score (nSPS) is 16.4. The summed E-state index contributed by atoms with van der Waals surface area (Å²) in [7, 11) is 0. The number of hydrogen-bond acceptors (Lipinski definition) is 3. The van der Waals surface area contributed by atoms with Crippen LogP contribution >= 0.6 is 11.6 Å². The molecule has 14 heavy (non-hydrogen) atoms. The van der Waals surface area contributed by atoms with E-state index in [1.54, 1.807) is 6.07 Å². The van der Waals surface area contributed by atoms with Crippen LogP contribution in [0.5, 0.6) is 0 Å². The van der Waals surface area contributed by atoms with E-state index in [9.17, 15) is 0 Å². The molecule has 3 nitrogen and oxygen atoms in total. The maximum absolute atomic E-state index is 5.82. The Bertz CT molecular complexity index is 303. The standard InChI is InChI=1S/C10H14ClN3/c1-7-13-9(11)5-10(14-7)12-6-8-3-2-4-8/h5,8H,2-4,6H2,1H3,(H,12,13,14). The minimum absolute atomic E-state index is 0.508. The lowest BCUT2D eigenvalue weighted by atomic mass is 9.85. The second-order valence-electron chi connectivity index (χ2n) is 3.80. The predicted octanol–water partition coefficient (Wildman–Crippen LogP) is 2.65. The number of aromatic nitrogens is 2. The summed E-state index contributed by atoms with van der Waals surface area (Å²) in [5.41, 5.74) is 0. The van der Waals surface area contributed by atoms with Crippen LogP contribution in [0.1, 0.15) is 25.1 Å². The molecule has 1 aromatic heterocycles. The Morgan fingerprint density at radius 2 is 2.29 bits per heavy atom. The first-order valence-corrected chi connectivity index (χ1v) is 5.37. The van der Waals surface area contributed by atoms with Gasteiger partial charge in [0.15, 0.2) is 0 Å². The Morgan fingerprint density at radius 1 is 1.50 bits per heavy atom. The molecule has 0 saturated heterocycles. The predicted molar refractivity (Wildman–Crippen MR) is 57.6 cm³/mol. The second-order valence-corrected chi connectivity index (χ2v) is 4.19. The average molecular weight is 212 g/mol. The quantitative estimate of drug-likeness (QED) is 0.782. The van der Waals surface area contributed by atoms with E-state index in [1.807, 2.05) is 6.92 Å². The summed E-state index contributed by atoms with van der Waals surface area (Å²) in [6.45, 7) is 2.85. The van der Waals surface area contributed by atoms with Gasteiger partial charge in [0.2, 0.25) is 0 Å². The number of rotatable bonds is 3. The van der Waals surface area contributed by atoms with Crippen LogP contribution in [-0.2, 0) is 0 Å². The van der Waals surface area contributed by atoms with Crippen LogP contribution in [0.15, 0.2) is 6.07 Å². The molecular weight excluding hydrogens is 198 g/mol. The molecule has 0 spiro atoms. The zero-order valence-electron chi connectivity index (χ0n) is 8.26. The zero-order valence-corrected chi connectivity index (χ0v) is 9.01. The fourth-order valence-corrected chi connectivity index (χ4v) is 1.79. The van der Waals surface area contributed by atoms with Gasteiger partial charge in [-0.05, 0) is 25.7 Å². The van der Waals surface area contributed by atoms with Crippen LogP contribution in [0.25, 0.3) is 0 Å². The Labute approximate surface area is 88.9 Å². The van der Waals surface area contributed by atoms with Crippen molar-refractivity contribution in [2.75, 3.05) is 11.9 Å². The van der Waals surface area contributed by atoms with Crippen molar-refractivity contribution in [1.29, 1.82) is 0 Å². The lowest BCUT2D eigenvalue weighted by Crippen LogP contribution is -2.21. The molecule has 1 aromatic rings. The first-order valence-electron chi connectivity index (χ1n) is 4.99. The van der Waals surface area contributed by atoms with Crippen molar-refractivity contribution in [1.82, 2.24) is 9.97 Å². The van der Waals surface area contributed by atoms with Crippen LogP contribution in [0.3, 0.4) is 0 Å². The lowest BCUT2D eigenvalue weighted by Gasteiger charge is -2.25. The van der Waals surface area contributed by atoms with Gasteiger partial charge in [0, 0.05) is 12.6 Å². The van der Waals surface area contributed by atoms with Gasteiger partial charge in [0.05, 0.1) is 0 Å². The highest BCUT2D eigenvalue weighted by molar-refractivity contribution is 6.29. The van der Waals surface area contributed by atoms with Gasteiger partial charge in [-0.15, -0.1) is 0 Å². The molecule has 0 radical (unpaired) electrons. The summed E-state index contributed by atoms with van der Waals surface area (Å²) in [6.07, 6.45) is 4.05. The van der Waals surface area contributed by atoms with E-state index in [0.717, 1.165) is 18.3 Å². The smallest absolute Gasteiger partial charge is 0.134 e. The first kappa shape index (κ1) is 9.71. The molecule has 0 unspecified atom stereocenters. The molecule has 1 fully saturated rings. The largest absolute Gasteiger partial charge is 0.370 e. The van der Waals surface area contributed by atoms with Crippen molar-refractivity contribution < 1.29 is 0 Å². The van der Waals surface area contributed by atoms with Crippen LogP contribution in [0.2, 0.25) is 5.15 Å². The van der Waals surface area contributed by atoms with E-state index in [0.29, 0.717) is 11.0 Å². The lowest BCUT2D eigenvalue weighted by molar-refractivity contribution is 0.333. The average Bonchev–Trinajstić information content (AvgIpc) is 1.99. The molecular formula is C10H14ClN3. The van der Waals surface area contributed by atoms with Crippen LogP contribution in [0, 0.1) is 12.8 Å². The molecule has 1 heterocycles. The van der Waals surface area contributed by atoms with Gasteiger partial charge in [-0.3, -0.25) is 0 Å². The summed E-state index contributed by atoms with van der Waals surface area (Å²) in [4.78, 5) is 8.27. The van der Waals surface area contributed by atoms with Crippen molar-refractivity contribution in [3.8, 4) is 0 Å². The number of halogens is 1. The van der Waals surface area contributed by atoms with E-state index in [2.05, 4.69) is 15.3 Å². The Kier molecular flexibility index (Phi) is 2.87. The molecule has 0 aliphatic heterocycles. The van der Waals surface area contributed by atoms with Crippen LogP contribution < -0.4 is 5.32 Å². The first-order chi connectivity index (χ1) is 6.74. The van der Waals surface area contributed by atoms with E-state index < -0.39 is 0 Å². The van der Waals surface area contributed by atoms with E-state index >= 15 is 0 Å². The second kappa shape index (κ2) is 4.13. The van der Waals surface area contributed by atoms with Crippen molar-refractivity contribution >= 4 is 17.4 Å². The summed E-state index contributed by atoms with van der Waals surface area (Å²) in [6, 6.07) is 1.77. The zero-order chi connectivity index (χ0) is 9.97. The molecule has 1 N–H and O–H groups in total. The van der Waals surface area contributed by atoms with Crippen LogP contribution in [-0.4, -0.2) is 16.5 Å². The van der Waals surface area contributed by atoms with Gasteiger partial charge in [0.1, 0.15) is 16.8 Å². The van der Waals surface area contributed by atoms with Crippen LogP contribution in [0.4, 0.5) is 5.82 Å². The van der Waals surface area contributed by atoms with Crippen molar-refractivity contribution in [2.45, 2.75) is 26.2 Å². The third kappa shape index (κ3) is 2.35. The summed E-state index contributed by atoms with van der Waals surface area (Å²) >= 11 is 5.82. The Hall–Kier alpha value is -0.830. The molecule has 76 valence electrons. The number of nitrogens with one attached hydrogen (secondary N) is 1. The highest BCUT2D eigenvalue weighted by Crippen LogP contribution is 2.26. The van der Waals surface area contributed by atoms with Crippen molar-refractivity contribution in [2.24, 2.45) is 5.92 Å². The van der Waals surface area contributed by atoms with Gasteiger partial charge in [-0.1, -0.05) is 18.0 Å². The SMILES string of the molecule is Cc1nc(Cl)cc(NCC2CCC2)n1. The maximum atomic E-state index is 5.82. The maximum Gasteiger partial charge on any atom is 0.134 e. The third-order valence-corrected chi connectivity index (χ3v) is 2.80. The fourth-order valence-electron chi connectivity index (χ4n) is 1.57. The number of nitrogens with zero attached hydrogens (tertiary/aromatic N) is 2. The molecule has 0 atom stereocenters. The molecule has 0 aromatic carbocycles. The van der Waals surface area contributed by atoms with Gasteiger partial charge in [-0.25, -0.2) is 9.97 Å². The van der Waals surface area contributed by atoms with E-state index in [4.69, 9.17) is 11.6 Å². The highest BCUT2D eigenvalue weighted by atomic mass is 35.5. The number of aryl methyl sites for hydroxylation is 1. The Morgan fingerprint density at radius 3 is 2.86 bits per heavy atom. The molecule has 0 amide bonds. The molecule has 1 saturated carbocycles. The monoisotopic (exact) mass is 211 g/mol. The van der Waals surface area contributed by atoms with Gasteiger partial charge >= 0.3 is 0 Å². The van der Waals surface area contributed by atoms with Crippen molar-refractivity contribution in [3.05, 3.63) is 17.0 Å². The summed E-state index contributed by atoms with van der Waals surface area (Å²) in [5.74, 6) is 2.38. The third-order valence-electron chi connectivity index (χ3n) is 2.60. The number of anilines is 1. The van der Waals surface area contributed by atoms with Crippen molar-refractivity contribution in [3.63, 3.8) is 0 Å². The minimum atomic E-state index is 0.508. The van der Waals surface area contributed by atoms with E-state index in [-0.39, 0.29) is 0 Å². The highest BCUT2D eigenvalue weighted by Gasteiger charge is 2.16. The molecule has 1 aliphatic rings. The van der Waals surface area contributed by atoms with Gasteiger partial charge in [-0.2, -0.15) is 0 Å². The summed E-state index contributed by atoms with van der Waals surface area (Å²) in [5, 5.41) is 3.80. The minimum Gasteiger partial charge on any atom is -0.370 e. The van der Waals surface area contributed by atoms with E-state index in [1.165, 1.54) is 19.3 Å². The molecule has 2 rings (SSSR count).